The van der Waals surface area contributed by atoms with E-state index in [1.165, 1.54) is 18.2 Å². The number of nitrogens with zero attached hydrogens (tertiary/aromatic N) is 2. The van der Waals surface area contributed by atoms with Gasteiger partial charge in [-0.2, -0.15) is 0 Å². The first kappa shape index (κ1) is 22.2. The van der Waals surface area contributed by atoms with E-state index in [4.69, 9.17) is 4.98 Å². The van der Waals surface area contributed by atoms with Crippen molar-refractivity contribution in [3.8, 4) is 17.1 Å². The molecule has 0 saturated heterocycles. The Morgan fingerprint density at radius 2 is 1.84 bits per heavy atom. The van der Waals surface area contributed by atoms with Crippen LogP contribution in [0.1, 0.15) is 56.4 Å². The second kappa shape index (κ2) is 7.83. The molecule has 1 saturated carbocycles. The van der Waals surface area contributed by atoms with E-state index in [1.54, 1.807) is 24.3 Å². The number of aromatic carboxylic acids is 1. The maximum Gasteiger partial charge on any atom is 0.573 e. The predicted octanol–water partition coefficient (Wildman–Crippen LogP) is 6.69. The topological polar surface area (TPSA) is 64.4 Å². The molecule has 2 atom stereocenters. The van der Waals surface area contributed by atoms with E-state index < -0.39 is 12.3 Å². The van der Waals surface area contributed by atoms with Gasteiger partial charge in [-0.1, -0.05) is 20.8 Å². The second-order valence-corrected chi connectivity index (χ2v) is 9.45. The molecule has 8 heteroatoms. The summed E-state index contributed by atoms with van der Waals surface area (Å²) in [5, 5.41) is 9.37. The smallest absolute Gasteiger partial charge is 0.478 e. The first-order valence-corrected chi connectivity index (χ1v) is 10.5. The van der Waals surface area contributed by atoms with Crippen LogP contribution in [-0.2, 0) is 0 Å². The summed E-state index contributed by atoms with van der Waals surface area (Å²) < 4.78 is 43.7. The van der Waals surface area contributed by atoms with Crippen LogP contribution < -0.4 is 4.74 Å². The summed E-state index contributed by atoms with van der Waals surface area (Å²) in [5.74, 6) is -0.237. The van der Waals surface area contributed by atoms with Crippen molar-refractivity contribution in [3.63, 3.8) is 0 Å². The van der Waals surface area contributed by atoms with Gasteiger partial charge in [0.25, 0.3) is 0 Å². The summed E-state index contributed by atoms with van der Waals surface area (Å²) in [5.41, 5.74) is 2.27. The number of carboxylic acids is 1. The number of alkyl halides is 3. The minimum atomic E-state index is -4.76. The molecule has 1 N–H and O–H groups in total. The summed E-state index contributed by atoms with van der Waals surface area (Å²) in [6.45, 7) is 6.69. The van der Waals surface area contributed by atoms with Gasteiger partial charge in [-0.05, 0) is 73.1 Å². The zero-order chi connectivity index (χ0) is 23.3. The van der Waals surface area contributed by atoms with Gasteiger partial charge < -0.3 is 14.4 Å². The van der Waals surface area contributed by atoms with Crippen molar-refractivity contribution in [2.24, 2.45) is 11.3 Å². The highest BCUT2D eigenvalue weighted by molar-refractivity contribution is 5.93. The van der Waals surface area contributed by atoms with Crippen molar-refractivity contribution in [1.29, 1.82) is 0 Å². The molecule has 2 aromatic carbocycles. The van der Waals surface area contributed by atoms with Crippen LogP contribution in [0, 0.1) is 11.3 Å². The van der Waals surface area contributed by atoms with E-state index in [9.17, 15) is 23.1 Å². The summed E-state index contributed by atoms with van der Waals surface area (Å²) in [6, 6.07) is 10.6. The number of fused-ring (bicyclic) bond motifs is 1. The summed E-state index contributed by atoms with van der Waals surface area (Å²) in [7, 11) is 0. The van der Waals surface area contributed by atoms with Crippen molar-refractivity contribution >= 4 is 17.0 Å². The summed E-state index contributed by atoms with van der Waals surface area (Å²) in [4.78, 5) is 16.2. The van der Waals surface area contributed by atoms with Crippen LogP contribution in [-0.4, -0.2) is 27.0 Å². The molecular formula is C24H25F3N2O3. The molecule has 1 aromatic heterocycles. The molecule has 1 aliphatic carbocycles. The fourth-order valence-electron chi connectivity index (χ4n) is 5.10. The second-order valence-electron chi connectivity index (χ2n) is 9.45. The van der Waals surface area contributed by atoms with Crippen LogP contribution in [0.4, 0.5) is 13.2 Å². The Labute approximate surface area is 183 Å². The molecule has 170 valence electrons. The predicted molar refractivity (Wildman–Crippen MR) is 115 cm³/mol. The van der Waals surface area contributed by atoms with Gasteiger partial charge >= 0.3 is 12.3 Å². The number of carboxylic acid groups (broad SMARTS) is 1. The van der Waals surface area contributed by atoms with Crippen molar-refractivity contribution < 1.29 is 27.8 Å². The van der Waals surface area contributed by atoms with Gasteiger partial charge in [0.05, 0.1) is 16.6 Å². The Balaban J connectivity index is 1.83. The van der Waals surface area contributed by atoms with Crippen LogP contribution >= 0.6 is 0 Å². The molecule has 1 fully saturated rings. The molecule has 0 aliphatic heterocycles. The molecule has 5 nitrogen and oxygen atoms in total. The zero-order valence-corrected chi connectivity index (χ0v) is 18.1. The van der Waals surface area contributed by atoms with Crippen molar-refractivity contribution in [1.82, 2.24) is 9.55 Å². The summed E-state index contributed by atoms with van der Waals surface area (Å²) in [6.07, 6.45) is -1.78. The van der Waals surface area contributed by atoms with E-state index in [2.05, 4.69) is 30.1 Å². The minimum absolute atomic E-state index is 0.127. The maximum atomic E-state index is 12.5. The number of imidazole rings is 1. The third kappa shape index (κ3) is 4.59. The molecule has 1 unspecified atom stereocenters. The molecule has 3 aromatic rings. The molecule has 0 amide bonds. The standard InChI is InChI=1S/C24H25F3N2O3/c1-14-10-17(13-23(2,3)12-14)29-20-9-6-16(22(30)31)11-19(20)28-21(29)15-4-7-18(8-5-15)32-24(25,26)27/h4-9,11,14,17H,10,12-13H2,1-3H3,(H,30,31)/t14-,17?/m0/s1. The lowest BCUT2D eigenvalue weighted by atomic mass is 9.70. The molecule has 1 heterocycles. The number of carbonyl (C=O) groups is 1. The van der Waals surface area contributed by atoms with Crippen LogP contribution in [0.3, 0.4) is 0 Å². The van der Waals surface area contributed by atoms with Gasteiger partial charge in [0, 0.05) is 11.6 Å². The Morgan fingerprint density at radius 1 is 1.16 bits per heavy atom. The molecule has 1 aliphatic rings. The number of aromatic nitrogens is 2. The highest BCUT2D eigenvalue weighted by Gasteiger charge is 2.35. The maximum absolute atomic E-state index is 12.5. The van der Waals surface area contributed by atoms with Gasteiger partial charge in [-0.25, -0.2) is 9.78 Å². The van der Waals surface area contributed by atoms with Gasteiger partial charge in [-0.15, -0.1) is 13.2 Å². The lowest BCUT2D eigenvalue weighted by Gasteiger charge is -2.40. The average molecular weight is 446 g/mol. The van der Waals surface area contributed by atoms with Gasteiger partial charge in [0.15, 0.2) is 0 Å². The van der Waals surface area contributed by atoms with E-state index >= 15 is 0 Å². The normalized spacial score (nSPS) is 20.9. The van der Waals surface area contributed by atoms with Gasteiger partial charge in [0.2, 0.25) is 0 Å². The first-order chi connectivity index (χ1) is 14.9. The SMILES string of the molecule is C[C@H]1CC(n2c(-c3ccc(OC(F)(F)F)cc3)nc3cc(C(=O)O)ccc32)CC(C)(C)C1. The molecule has 0 spiro atoms. The molecule has 0 radical (unpaired) electrons. The largest absolute Gasteiger partial charge is 0.573 e. The Hall–Kier alpha value is -3.03. The van der Waals surface area contributed by atoms with E-state index in [1.807, 2.05) is 0 Å². The van der Waals surface area contributed by atoms with Crippen LogP contribution in [0.5, 0.6) is 5.75 Å². The highest BCUT2D eigenvalue weighted by atomic mass is 19.4. The molecule has 32 heavy (non-hydrogen) atoms. The minimum Gasteiger partial charge on any atom is -0.478 e. The fourth-order valence-corrected chi connectivity index (χ4v) is 5.10. The van der Waals surface area contributed by atoms with Gasteiger partial charge in [0.1, 0.15) is 11.6 Å². The number of ether oxygens (including phenoxy) is 1. The van der Waals surface area contributed by atoms with Crippen LogP contribution in [0.15, 0.2) is 42.5 Å². The summed E-state index contributed by atoms with van der Waals surface area (Å²) >= 11 is 0. The molecular weight excluding hydrogens is 421 g/mol. The Bertz CT molecular complexity index is 1150. The lowest BCUT2D eigenvalue weighted by Crippen LogP contribution is -2.29. The first-order valence-electron chi connectivity index (χ1n) is 10.5. The van der Waals surface area contributed by atoms with Crippen molar-refractivity contribution in [3.05, 3.63) is 48.0 Å². The Kier molecular flexibility index (Phi) is 5.43. The van der Waals surface area contributed by atoms with E-state index in [0.717, 1.165) is 24.8 Å². The van der Waals surface area contributed by atoms with Gasteiger partial charge in [-0.3, -0.25) is 0 Å². The number of halogens is 3. The fraction of sp³-hybridized carbons (Fsp3) is 0.417. The number of benzene rings is 2. The number of rotatable bonds is 4. The Morgan fingerprint density at radius 3 is 2.44 bits per heavy atom. The number of hydrogen-bond acceptors (Lipinski definition) is 3. The van der Waals surface area contributed by atoms with Crippen LogP contribution in [0.2, 0.25) is 0 Å². The zero-order valence-electron chi connectivity index (χ0n) is 18.1. The third-order valence-corrected chi connectivity index (χ3v) is 6.01. The van der Waals surface area contributed by atoms with E-state index in [0.29, 0.717) is 22.8 Å². The average Bonchev–Trinajstić information content (AvgIpc) is 3.04. The highest BCUT2D eigenvalue weighted by Crippen LogP contribution is 2.46. The van der Waals surface area contributed by atoms with Crippen molar-refractivity contribution in [2.75, 3.05) is 0 Å². The molecule has 0 bridgehead atoms. The monoisotopic (exact) mass is 446 g/mol. The van der Waals surface area contributed by atoms with E-state index in [-0.39, 0.29) is 22.8 Å². The lowest BCUT2D eigenvalue weighted by molar-refractivity contribution is -0.274. The number of hydrogen-bond donors (Lipinski definition) is 1. The van der Waals surface area contributed by atoms with Crippen molar-refractivity contribution in [2.45, 2.75) is 52.4 Å². The quantitative estimate of drug-likeness (QED) is 0.485. The van der Waals surface area contributed by atoms with Crippen LogP contribution in [0.25, 0.3) is 22.4 Å². The molecule has 4 rings (SSSR count). The third-order valence-electron chi connectivity index (χ3n) is 6.01.